The van der Waals surface area contributed by atoms with Gasteiger partial charge in [-0.15, -0.1) is 0 Å². The molecule has 0 aliphatic carbocycles. The van der Waals surface area contributed by atoms with Gasteiger partial charge in [0.2, 0.25) is 5.28 Å². The molecule has 3 heterocycles. The quantitative estimate of drug-likeness (QED) is 0.706. The summed E-state index contributed by atoms with van der Waals surface area (Å²) in [6.07, 6.45) is 5.61. The van der Waals surface area contributed by atoms with E-state index in [-0.39, 0.29) is 5.28 Å². The Morgan fingerprint density at radius 1 is 1.38 bits per heavy atom. The Morgan fingerprint density at radius 2 is 2.29 bits per heavy atom. The molecule has 3 aromatic heterocycles. The van der Waals surface area contributed by atoms with Gasteiger partial charge in [-0.05, 0) is 30.2 Å². The smallest absolute Gasteiger partial charge is 0.226 e. The first-order valence-corrected chi connectivity index (χ1v) is 7.30. The number of hydrogen-bond donors (Lipinski definition) is 1. The maximum absolute atomic E-state index is 5.96. The van der Waals surface area contributed by atoms with Crippen LogP contribution in [-0.4, -0.2) is 19.5 Å². The molecule has 1 N–H and O–H groups in total. The third kappa shape index (κ3) is 3.00. The van der Waals surface area contributed by atoms with E-state index in [0.29, 0.717) is 18.0 Å². The molecule has 0 saturated heterocycles. The number of halogens is 1. The van der Waals surface area contributed by atoms with Crippen LogP contribution in [0.5, 0.6) is 0 Å². The largest absolute Gasteiger partial charge is 0.467 e. The van der Waals surface area contributed by atoms with E-state index in [4.69, 9.17) is 16.0 Å². The number of anilines is 1. The van der Waals surface area contributed by atoms with Crippen molar-refractivity contribution in [2.75, 3.05) is 5.32 Å². The first-order chi connectivity index (χ1) is 10.3. The molecule has 0 aliphatic heterocycles. The van der Waals surface area contributed by atoms with Gasteiger partial charge in [0.15, 0.2) is 11.5 Å². The Balaban J connectivity index is 1.92. The Hall–Kier alpha value is -2.08. The molecule has 0 aliphatic rings. The predicted octanol–water partition coefficient (Wildman–Crippen LogP) is 3.48. The molecule has 0 unspecified atom stereocenters. The Labute approximate surface area is 127 Å². The van der Waals surface area contributed by atoms with Crippen LogP contribution in [0.4, 0.5) is 5.82 Å². The summed E-state index contributed by atoms with van der Waals surface area (Å²) in [6, 6.07) is 3.76. The molecule has 3 rings (SSSR count). The lowest BCUT2D eigenvalue weighted by atomic mass is 10.3. The Kier molecular flexibility index (Phi) is 4.06. The van der Waals surface area contributed by atoms with Crippen molar-refractivity contribution >= 4 is 28.6 Å². The second-order valence-electron chi connectivity index (χ2n) is 4.74. The van der Waals surface area contributed by atoms with Gasteiger partial charge in [0.05, 0.1) is 19.1 Å². The van der Waals surface area contributed by atoms with Crippen molar-refractivity contribution in [1.29, 1.82) is 0 Å². The lowest BCUT2D eigenvalue weighted by Gasteiger charge is -2.09. The van der Waals surface area contributed by atoms with Crippen molar-refractivity contribution in [1.82, 2.24) is 19.5 Å². The lowest BCUT2D eigenvalue weighted by Crippen LogP contribution is -2.05. The predicted molar refractivity (Wildman–Crippen MR) is 81.3 cm³/mol. The van der Waals surface area contributed by atoms with Gasteiger partial charge in [-0.3, -0.25) is 0 Å². The van der Waals surface area contributed by atoms with E-state index in [2.05, 4.69) is 31.8 Å². The first-order valence-electron chi connectivity index (χ1n) is 6.92. The molecule has 7 heteroatoms. The molecule has 0 aromatic carbocycles. The summed E-state index contributed by atoms with van der Waals surface area (Å²) in [5, 5.41) is 3.43. The van der Waals surface area contributed by atoms with Crippen LogP contribution in [-0.2, 0) is 13.1 Å². The van der Waals surface area contributed by atoms with Crippen LogP contribution in [0.25, 0.3) is 11.2 Å². The number of hydrogen-bond acceptors (Lipinski definition) is 5. The molecule has 21 heavy (non-hydrogen) atoms. The summed E-state index contributed by atoms with van der Waals surface area (Å²) in [5.74, 6) is 1.51. The number of fused-ring (bicyclic) bond motifs is 1. The van der Waals surface area contributed by atoms with Crippen LogP contribution >= 0.6 is 11.6 Å². The third-order valence-electron chi connectivity index (χ3n) is 3.21. The van der Waals surface area contributed by atoms with Crippen LogP contribution in [0.1, 0.15) is 25.5 Å². The van der Waals surface area contributed by atoms with Crippen molar-refractivity contribution in [3.05, 3.63) is 35.8 Å². The van der Waals surface area contributed by atoms with E-state index in [1.54, 1.807) is 12.6 Å². The van der Waals surface area contributed by atoms with Crippen LogP contribution in [0.3, 0.4) is 0 Å². The summed E-state index contributed by atoms with van der Waals surface area (Å²) < 4.78 is 7.37. The molecule has 0 amide bonds. The Bertz CT molecular complexity index is 722. The highest BCUT2D eigenvalue weighted by Gasteiger charge is 2.13. The van der Waals surface area contributed by atoms with E-state index in [9.17, 15) is 0 Å². The molecule has 0 saturated carbocycles. The van der Waals surface area contributed by atoms with E-state index >= 15 is 0 Å². The minimum atomic E-state index is 0.185. The van der Waals surface area contributed by atoms with Crippen LogP contribution in [0.2, 0.25) is 5.28 Å². The van der Waals surface area contributed by atoms with Gasteiger partial charge < -0.3 is 14.3 Å². The maximum atomic E-state index is 5.96. The molecule has 0 fully saturated rings. The molecule has 3 aromatic rings. The second-order valence-corrected chi connectivity index (χ2v) is 5.08. The number of nitrogens with zero attached hydrogens (tertiary/aromatic N) is 4. The molecule has 0 bridgehead atoms. The van der Waals surface area contributed by atoms with Crippen molar-refractivity contribution in [3.63, 3.8) is 0 Å². The van der Waals surface area contributed by atoms with Crippen molar-refractivity contribution in [2.45, 2.75) is 32.9 Å². The number of unbranched alkanes of at least 4 members (excludes halogenated alkanes) is 1. The van der Waals surface area contributed by atoms with Gasteiger partial charge in [0.25, 0.3) is 0 Å². The highest BCUT2D eigenvalue weighted by molar-refractivity contribution is 6.28. The van der Waals surface area contributed by atoms with Gasteiger partial charge in [-0.1, -0.05) is 13.3 Å². The number of aryl methyl sites for hydroxylation is 1. The minimum absolute atomic E-state index is 0.185. The summed E-state index contributed by atoms with van der Waals surface area (Å²) in [6.45, 7) is 3.57. The van der Waals surface area contributed by atoms with Crippen molar-refractivity contribution in [2.24, 2.45) is 0 Å². The number of aromatic nitrogens is 4. The number of furan rings is 1. The molecule has 0 atom stereocenters. The lowest BCUT2D eigenvalue weighted by molar-refractivity contribution is 0.518. The normalized spacial score (nSPS) is 11.1. The topological polar surface area (TPSA) is 68.8 Å². The molecule has 0 spiro atoms. The van der Waals surface area contributed by atoms with Gasteiger partial charge in [-0.25, -0.2) is 4.98 Å². The monoisotopic (exact) mass is 305 g/mol. The fourth-order valence-corrected chi connectivity index (χ4v) is 2.32. The minimum Gasteiger partial charge on any atom is -0.467 e. The Morgan fingerprint density at radius 3 is 3.05 bits per heavy atom. The molecular formula is C14H16ClN5O. The average molecular weight is 306 g/mol. The summed E-state index contributed by atoms with van der Waals surface area (Å²) in [4.78, 5) is 12.8. The zero-order valence-electron chi connectivity index (χ0n) is 11.7. The van der Waals surface area contributed by atoms with Gasteiger partial charge in [-0.2, -0.15) is 9.97 Å². The maximum Gasteiger partial charge on any atom is 0.226 e. The first kappa shape index (κ1) is 13.9. The summed E-state index contributed by atoms with van der Waals surface area (Å²) in [5.41, 5.74) is 1.48. The molecule has 110 valence electrons. The molecule has 0 radical (unpaired) electrons. The standard InChI is InChI=1S/C14H16ClN5O/c1-2-3-6-20-9-17-13-11(20)12(18-14(15)19-13)16-8-10-5-4-7-21-10/h4-5,7,9H,2-3,6,8H2,1H3,(H,16,18,19). The van der Waals surface area contributed by atoms with Gasteiger partial charge in [0, 0.05) is 6.54 Å². The molecular weight excluding hydrogens is 290 g/mol. The fraction of sp³-hybridized carbons (Fsp3) is 0.357. The van der Waals surface area contributed by atoms with Crippen LogP contribution < -0.4 is 5.32 Å². The third-order valence-corrected chi connectivity index (χ3v) is 3.38. The van der Waals surface area contributed by atoms with E-state index in [0.717, 1.165) is 30.7 Å². The number of imidazole rings is 1. The van der Waals surface area contributed by atoms with Crippen molar-refractivity contribution < 1.29 is 4.42 Å². The SMILES string of the molecule is CCCCn1cnc2nc(Cl)nc(NCc3ccco3)c21. The number of rotatable bonds is 6. The average Bonchev–Trinajstić information content (AvgIpc) is 3.12. The zero-order valence-corrected chi connectivity index (χ0v) is 12.5. The van der Waals surface area contributed by atoms with Crippen LogP contribution in [0, 0.1) is 0 Å². The van der Waals surface area contributed by atoms with Gasteiger partial charge >= 0.3 is 0 Å². The van der Waals surface area contributed by atoms with Crippen LogP contribution in [0.15, 0.2) is 29.1 Å². The molecule has 6 nitrogen and oxygen atoms in total. The van der Waals surface area contributed by atoms with E-state index in [1.165, 1.54) is 0 Å². The number of nitrogens with one attached hydrogen (secondary N) is 1. The van der Waals surface area contributed by atoms with Gasteiger partial charge in [0.1, 0.15) is 11.3 Å². The summed E-state index contributed by atoms with van der Waals surface area (Å²) >= 11 is 5.96. The summed E-state index contributed by atoms with van der Waals surface area (Å²) in [7, 11) is 0. The second kappa shape index (κ2) is 6.13. The van der Waals surface area contributed by atoms with Crippen molar-refractivity contribution in [3.8, 4) is 0 Å². The fourth-order valence-electron chi connectivity index (χ4n) is 2.16. The van der Waals surface area contributed by atoms with E-state index < -0.39 is 0 Å². The highest BCUT2D eigenvalue weighted by atomic mass is 35.5. The zero-order chi connectivity index (χ0) is 14.7. The van der Waals surface area contributed by atoms with E-state index in [1.807, 2.05) is 12.1 Å². The highest BCUT2D eigenvalue weighted by Crippen LogP contribution is 2.22.